The highest BCUT2D eigenvalue weighted by atomic mass is 16.5. The Morgan fingerprint density at radius 1 is 1.14 bits per heavy atom. The Bertz CT molecular complexity index is 708. The Hall–Kier alpha value is -2.69. The molecule has 0 unspecified atom stereocenters. The average Bonchev–Trinajstić information content (AvgIpc) is 2.48. The van der Waals surface area contributed by atoms with Crippen LogP contribution in [0.1, 0.15) is 27.9 Å². The summed E-state index contributed by atoms with van der Waals surface area (Å²) in [5.74, 6) is 0.821. The minimum atomic E-state index is -0.521. The summed E-state index contributed by atoms with van der Waals surface area (Å²) in [5.41, 5.74) is 7.70. The third-order valence-corrected chi connectivity index (χ3v) is 3.48. The van der Waals surface area contributed by atoms with Gasteiger partial charge < -0.3 is 10.5 Å². The van der Waals surface area contributed by atoms with Crippen LogP contribution >= 0.6 is 0 Å². The zero-order valence-corrected chi connectivity index (χ0v) is 11.3. The third kappa shape index (κ3) is 2.91. The molecule has 5 heteroatoms. The van der Waals surface area contributed by atoms with Crippen LogP contribution < -0.4 is 10.5 Å². The second-order valence-electron chi connectivity index (χ2n) is 5.00. The third-order valence-electron chi connectivity index (χ3n) is 3.48. The lowest BCUT2D eigenvalue weighted by Crippen LogP contribution is -2.13. The van der Waals surface area contributed by atoms with Gasteiger partial charge in [0.05, 0.1) is 5.56 Å². The molecule has 0 fully saturated rings. The van der Waals surface area contributed by atoms with Gasteiger partial charge in [-0.1, -0.05) is 6.07 Å². The van der Waals surface area contributed by atoms with E-state index in [1.165, 1.54) is 6.20 Å². The van der Waals surface area contributed by atoms with Crippen molar-refractivity contribution in [1.82, 2.24) is 4.98 Å². The lowest BCUT2D eigenvalue weighted by Gasteiger charge is -2.15. The van der Waals surface area contributed by atoms with Gasteiger partial charge in [-0.3, -0.25) is 9.59 Å². The molecule has 1 aliphatic carbocycles. The van der Waals surface area contributed by atoms with Crippen LogP contribution in [-0.2, 0) is 17.6 Å². The zero-order chi connectivity index (χ0) is 14.8. The molecule has 0 bridgehead atoms. The fourth-order valence-corrected chi connectivity index (χ4v) is 2.35. The molecule has 0 spiro atoms. The van der Waals surface area contributed by atoms with Crippen molar-refractivity contribution in [2.45, 2.75) is 19.3 Å². The number of nitrogens with two attached hydrogens (primary N) is 1. The lowest BCUT2D eigenvalue weighted by molar-refractivity contribution is -0.118. The molecule has 106 valence electrons. The summed E-state index contributed by atoms with van der Waals surface area (Å²) in [6.07, 6.45) is 3.22. The van der Waals surface area contributed by atoms with E-state index in [4.69, 9.17) is 10.5 Å². The van der Waals surface area contributed by atoms with E-state index >= 15 is 0 Å². The molecule has 1 aromatic carbocycles. The number of rotatable bonds is 3. The lowest BCUT2D eigenvalue weighted by atomic mass is 9.91. The number of fused-ring (bicyclic) bond motifs is 1. The van der Waals surface area contributed by atoms with Gasteiger partial charge in [-0.05, 0) is 35.7 Å². The van der Waals surface area contributed by atoms with E-state index in [2.05, 4.69) is 4.98 Å². The quantitative estimate of drug-likeness (QED) is 0.933. The summed E-state index contributed by atoms with van der Waals surface area (Å²) >= 11 is 0. The van der Waals surface area contributed by atoms with E-state index in [9.17, 15) is 9.59 Å². The first kappa shape index (κ1) is 13.3. The molecule has 0 radical (unpaired) electrons. The summed E-state index contributed by atoms with van der Waals surface area (Å²) < 4.78 is 5.66. The topological polar surface area (TPSA) is 82.3 Å². The predicted molar refractivity (Wildman–Crippen MR) is 76.3 cm³/mol. The number of primary amides is 1. The minimum absolute atomic E-state index is 0.278. The molecule has 21 heavy (non-hydrogen) atoms. The number of amides is 1. The van der Waals surface area contributed by atoms with Gasteiger partial charge in [0.2, 0.25) is 11.8 Å². The molecule has 1 heterocycles. The molecule has 1 amide bonds. The molecule has 2 aromatic rings. The van der Waals surface area contributed by atoms with E-state index in [0.717, 1.165) is 17.5 Å². The number of aromatic nitrogens is 1. The van der Waals surface area contributed by atoms with E-state index in [1.54, 1.807) is 12.1 Å². The van der Waals surface area contributed by atoms with Gasteiger partial charge in [0.15, 0.2) is 0 Å². The highest BCUT2D eigenvalue weighted by molar-refractivity contribution is 5.92. The van der Waals surface area contributed by atoms with Gasteiger partial charge in [0, 0.05) is 25.1 Å². The second-order valence-corrected chi connectivity index (χ2v) is 5.00. The first-order valence-corrected chi connectivity index (χ1v) is 6.69. The zero-order valence-electron chi connectivity index (χ0n) is 11.3. The van der Waals surface area contributed by atoms with Gasteiger partial charge in [0.25, 0.3) is 0 Å². The molecule has 1 aromatic heterocycles. The molecular weight excluding hydrogens is 268 g/mol. The van der Waals surface area contributed by atoms with E-state index in [1.807, 2.05) is 18.2 Å². The maximum absolute atomic E-state index is 11.4. The van der Waals surface area contributed by atoms with Crippen molar-refractivity contribution < 1.29 is 14.3 Å². The number of nitrogens with zero attached hydrogens (tertiary/aromatic N) is 1. The van der Waals surface area contributed by atoms with Crippen LogP contribution in [0.3, 0.4) is 0 Å². The van der Waals surface area contributed by atoms with Crippen molar-refractivity contribution in [3.8, 4) is 11.6 Å². The Kier molecular flexibility index (Phi) is 3.39. The maximum Gasteiger partial charge on any atom is 0.250 e. The Morgan fingerprint density at radius 2 is 2.00 bits per heavy atom. The van der Waals surface area contributed by atoms with Crippen LogP contribution in [0.4, 0.5) is 0 Å². The van der Waals surface area contributed by atoms with Crippen molar-refractivity contribution in [2.24, 2.45) is 5.73 Å². The molecule has 0 atom stereocenters. The van der Waals surface area contributed by atoms with Crippen LogP contribution in [-0.4, -0.2) is 16.7 Å². The number of hydrogen-bond acceptors (Lipinski definition) is 4. The molecule has 3 rings (SSSR count). The van der Waals surface area contributed by atoms with Crippen molar-refractivity contribution >= 4 is 11.7 Å². The number of benzene rings is 1. The van der Waals surface area contributed by atoms with E-state index in [-0.39, 0.29) is 5.78 Å². The van der Waals surface area contributed by atoms with Crippen LogP contribution in [0.15, 0.2) is 36.5 Å². The summed E-state index contributed by atoms with van der Waals surface area (Å²) in [7, 11) is 0. The van der Waals surface area contributed by atoms with E-state index < -0.39 is 5.91 Å². The van der Waals surface area contributed by atoms with Crippen LogP contribution in [0, 0.1) is 0 Å². The number of hydrogen-bond donors (Lipinski definition) is 1. The van der Waals surface area contributed by atoms with Crippen molar-refractivity contribution in [3.63, 3.8) is 0 Å². The van der Waals surface area contributed by atoms with Gasteiger partial charge in [-0.25, -0.2) is 4.98 Å². The fraction of sp³-hybridized carbons (Fsp3) is 0.188. The highest BCUT2D eigenvalue weighted by Gasteiger charge is 2.16. The van der Waals surface area contributed by atoms with Crippen LogP contribution in [0.5, 0.6) is 11.6 Å². The van der Waals surface area contributed by atoms with E-state index in [0.29, 0.717) is 30.0 Å². The number of Topliss-reactive ketones (excluding diaryl/α,β-unsaturated/α-hetero) is 1. The SMILES string of the molecule is NC(=O)c1ccc(Oc2ccc3c(c2)CCC(=O)C3)nc1. The number of pyridine rings is 1. The van der Waals surface area contributed by atoms with Crippen molar-refractivity contribution in [2.75, 3.05) is 0 Å². The molecule has 0 saturated carbocycles. The summed E-state index contributed by atoms with van der Waals surface area (Å²) in [4.78, 5) is 26.4. The maximum atomic E-state index is 11.4. The van der Waals surface area contributed by atoms with Gasteiger partial charge in [0.1, 0.15) is 11.5 Å². The molecule has 0 saturated heterocycles. The Balaban J connectivity index is 1.79. The number of carbonyl (C=O) groups excluding carboxylic acids is 2. The van der Waals surface area contributed by atoms with Gasteiger partial charge in [-0.2, -0.15) is 0 Å². The predicted octanol–water partition coefficient (Wildman–Crippen LogP) is 2.03. The summed E-state index contributed by atoms with van der Waals surface area (Å²) in [5, 5.41) is 0. The molecule has 2 N–H and O–H groups in total. The monoisotopic (exact) mass is 282 g/mol. The fourth-order valence-electron chi connectivity index (χ4n) is 2.35. The van der Waals surface area contributed by atoms with Crippen molar-refractivity contribution in [1.29, 1.82) is 0 Å². The number of aryl methyl sites for hydroxylation is 1. The molecule has 0 aliphatic heterocycles. The summed E-state index contributed by atoms with van der Waals surface area (Å²) in [6.45, 7) is 0. The largest absolute Gasteiger partial charge is 0.439 e. The smallest absolute Gasteiger partial charge is 0.250 e. The highest BCUT2D eigenvalue weighted by Crippen LogP contribution is 2.26. The molecule has 5 nitrogen and oxygen atoms in total. The first-order chi connectivity index (χ1) is 10.1. The number of ketones is 1. The number of ether oxygens (including phenoxy) is 1. The molecule has 1 aliphatic rings. The second kappa shape index (κ2) is 5.36. The normalized spacial score (nSPS) is 13.6. The average molecular weight is 282 g/mol. The van der Waals surface area contributed by atoms with Crippen molar-refractivity contribution in [3.05, 3.63) is 53.2 Å². The Morgan fingerprint density at radius 3 is 2.71 bits per heavy atom. The first-order valence-electron chi connectivity index (χ1n) is 6.69. The van der Waals surface area contributed by atoms with Gasteiger partial charge in [-0.15, -0.1) is 0 Å². The van der Waals surface area contributed by atoms with Crippen LogP contribution in [0.25, 0.3) is 0 Å². The van der Waals surface area contributed by atoms with Crippen LogP contribution in [0.2, 0.25) is 0 Å². The standard InChI is InChI=1S/C16H14N2O3/c17-16(20)12-3-6-15(18-9-12)21-14-5-2-10-7-13(19)4-1-11(10)8-14/h2-3,5-6,8-9H,1,4,7H2,(H2,17,20). The van der Waals surface area contributed by atoms with Gasteiger partial charge >= 0.3 is 0 Å². The summed E-state index contributed by atoms with van der Waals surface area (Å²) in [6, 6.07) is 8.84. The number of carbonyl (C=O) groups is 2. The minimum Gasteiger partial charge on any atom is -0.439 e. The Labute approximate surface area is 121 Å². The molecular formula is C16H14N2O3.